The molecule has 384 valence electrons. The first kappa shape index (κ1) is 58.4. The summed E-state index contributed by atoms with van der Waals surface area (Å²) in [4.78, 5) is 96.1. The van der Waals surface area contributed by atoms with E-state index >= 15 is 0 Å². The second-order valence-corrected chi connectivity index (χ2v) is 18.9. The zero-order valence-corrected chi connectivity index (χ0v) is 42.8. The van der Waals surface area contributed by atoms with Gasteiger partial charge in [0.05, 0.1) is 12.1 Å². The Labute approximate surface area is 427 Å². The monoisotopic (exact) mass is 1100 g/mol. The maximum absolute atomic E-state index is 14.8. The standard InChI is InChI=1S/C49H70Br2N10O9/c50-38-17-13-36(14-18-38)11-7-28-55-47(68)59(31-26-43(53)62)33-42(22-24-45(65)66)61(49(70)57-30-25-37-15-19-39(51)20-16-37)34-41(12-4-5-27-52)60(32-40(58-46(54)67)21-23-44(63)64)48(69)56-29-6-10-35-8-2-1-3-9-35/h1-3,8-9,13-20,40-42H,4-7,10-12,21-34,52H2,(H2,53,62)(H,55,68)(H,56,69)(H,57,70)(H,63,64)(H,65,66)(H3,54,58,67). The Morgan fingerprint density at radius 3 is 1.59 bits per heavy atom. The first-order chi connectivity index (χ1) is 33.5. The summed E-state index contributed by atoms with van der Waals surface area (Å²) in [5.41, 5.74) is 20.2. The molecule has 12 N–H and O–H groups in total. The molecule has 9 amide bonds. The van der Waals surface area contributed by atoms with E-state index in [9.17, 15) is 43.8 Å². The highest BCUT2D eigenvalue weighted by Crippen LogP contribution is 2.20. The van der Waals surface area contributed by atoms with Crippen LogP contribution in [0.15, 0.2) is 87.8 Å². The molecule has 0 aliphatic rings. The van der Waals surface area contributed by atoms with Crippen LogP contribution in [-0.4, -0.2) is 137 Å². The molecule has 0 aliphatic heterocycles. The molecule has 0 saturated heterocycles. The number of aliphatic carboxylic acids is 2. The van der Waals surface area contributed by atoms with Gasteiger partial charge in [0.2, 0.25) is 5.91 Å². The Bertz CT molecular complexity index is 2090. The number of carboxylic acid groups (broad SMARTS) is 2. The van der Waals surface area contributed by atoms with Crippen molar-refractivity contribution in [3.8, 4) is 0 Å². The number of urea groups is 4. The molecule has 3 rings (SSSR count). The lowest BCUT2D eigenvalue weighted by molar-refractivity contribution is -0.138. The molecule has 0 heterocycles. The molecule has 3 unspecified atom stereocenters. The highest BCUT2D eigenvalue weighted by atomic mass is 79.9. The van der Waals surface area contributed by atoms with Gasteiger partial charge in [0.15, 0.2) is 0 Å². The Balaban J connectivity index is 2.09. The fourth-order valence-electron chi connectivity index (χ4n) is 7.80. The van der Waals surface area contributed by atoms with Gasteiger partial charge >= 0.3 is 36.1 Å². The minimum Gasteiger partial charge on any atom is -0.481 e. The summed E-state index contributed by atoms with van der Waals surface area (Å²) in [6.45, 7) is 0.230. The van der Waals surface area contributed by atoms with Crippen molar-refractivity contribution in [1.82, 2.24) is 36.0 Å². The van der Waals surface area contributed by atoms with E-state index in [-0.39, 0.29) is 77.9 Å². The predicted molar refractivity (Wildman–Crippen MR) is 275 cm³/mol. The van der Waals surface area contributed by atoms with Crippen molar-refractivity contribution in [2.24, 2.45) is 17.2 Å². The molecule has 0 bridgehead atoms. The number of hydrogen-bond donors (Lipinski definition) is 9. The van der Waals surface area contributed by atoms with Crippen molar-refractivity contribution in [3.05, 3.63) is 104 Å². The lowest BCUT2D eigenvalue weighted by Gasteiger charge is -2.41. The molecule has 0 spiro atoms. The van der Waals surface area contributed by atoms with E-state index in [1.165, 1.54) is 14.7 Å². The molecule has 0 radical (unpaired) electrons. The molecule has 70 heavy (non-hydrogen) atoms. The van der Waals surface area contributed by atoms with Crippen LogP contribution in [-0.2, 0) is 33.6 Å². The molecule has 0 fully saturated rings. The van der Waals surface area contributed by atoms with Gasteiger partial charge in [-0.15, -0.1) is 0 Å². The van der Waals surface area contributed by atoms with Gasteiger partial charge in [-0.1, -0.05) is 92.9 Å². The normalized spacial score (nSPS) is 12.2. The minimum atomic E-state index is -1.16. The largest absolute Gasteiger partial charge is 0.481 e. The number of halogens is 2. The Morgan fingerprint density at radius 1 is 0.543 bits per heavy atom. The van der Waals surface area contributed by atoms with Crippen LogP contribution in [0.4, 0.5) is 19.2 Å². The predicted octanol–water partition coefficient (Wildman–Crippen LogP) is 5.56. The van der Waals surface area contributed by atoms with Crippen LogP contribution in [0.2, 0.25) is 0 Å². The second kappa shape index (κ2) is 32.8. The van der Waals surface area contributed by atoms with E-state index in [4.69, 9.17) is 17.2 Å². The van der Waals surface area contributed by atoms with E-state index in [1.54, 1.807) is 0 Å². The smallest absolute Gasteiger partial charge is 0.317 e. The number of nitrogens with two attached hydrogens (primary N) is 3. The van der Waals surface area contributed by atoms with Crippen LogP contribution in [0.5, 0.6) is 0 Å². The van der Waals surface area contributed by atoms with Crippen LogP contribution in [0.1, 0.15) is 80.9 Å². The van der Waals surface area contributed by atoms with E-state index in [0.29, 0.717) is 51.5 Å². The Kier molecular flexibility index (Phi) is 27.4. The molecule has 3 aromatic carbocycles. The number of primary amides is 2. The van der Waals surface area contributed by atoms with E-state index in [0.717, 1.165) is 25.6 Å². The van der Waals surface area contributed by atoms with Crippen LogP contribution >= 0.6 is 31.9 Å². The summed E-state index contributed by atoms with van der Waals surface area (Å²) in [6.07, 6.45) is 3.01. The number of benzene rings is 3. The third-order valence-corrected chi connectivity index (χ3v) is 12.6. The summed E-state index contributed by atoms with van der Waals surface area (Å²) < 4.78 is 1.82. The number of unbranched alkanes of at least 4 members (excludes halogenated alkanes) is 1. The second-order valence-electron chi connectivity index (χ2n) is 17.0. The number of carboxylic acids is 2. The third-order valence-electron chi connectivity index (χ3n) is 11.5. The maximum atomic E-state index is 14.8. The number of carbonyl (C=O) groups excluding carboxylic acids is 5. The summed E-state index contributed by atoms with van der Waals surface area (Å²) >= 11 is 6.88. The van der Waals surface area contributed by atoms with Gasteiger partial charge in [0.1, 0.15) is 0 Å². The van der Waals surface area contributed by atoms with Crippen molar-refractivity contribution < 1.29 is 43.8 Å². The van der Waals surface area contributed by atoms with Gasteiger partial charge in [0, 0.05) is 80.1 Å². The van der Waals surface area contributed by atoms with Gasteiger partial charge in [-0.3, -0.25) is 14.4 Å². The summed E-state index contributed by atoms with van der Waals surface area (Å²) in [5.74, 6) is -2.96. The molecule has 0 saturated carbocycles. The number of nitrogens with one attached hydrogen (secondary N) is 4. The van der Waals surface area contributed by atoms with E-state index in [1.807, 2.05) is 78.9 Å². The Hall–Kier alpha value is -5.93. The molecular formula is C49H70Br2N10O9. The van der Waals surface area contributed by atoms with Crippen molar-refractivity contribution in [2.45, 2.75) is 102 Å². The van der Waals surface area contributed by atoms with Crippen molar-refractivity contribution >= 4 is 73.8 Å². The third kappa shape index (κ3) is 24.1. The van der Waals surface area contributed by atoms with Gasteiger partial charge < -0.3 is 63.4 Å². The van der Waals surface area contributed by atoms with Gasteiger partial charge in [0.25, 0.3) is 0 Å². The average Bonchev–Trinajstić information content (AvgIpc) is 3.32. The first-order valence-corrected chi connectivity index (χ1v) is 25.3. The fourth-order valence-corrected chi connectivity index (χ4v) is 8.33. The number of carbonyl (C=O) groups is 7. The zero-order valence-electron chi connectivity index (χ0n) is 39.7. The van der Waals surface area contributed by atoms with Crippen LogP contribution < -0.4 is 38.5 Å². The lowest BCUT2D eigenvalue weighted by atomic mass is 10.0. The highest BCUT2D eigenvalue weighted by molar-refractivity contribution is 9.10. The SMILES string of the molecule is NCCCCC(CN(C(=O)NCCc1ccc(Br)cc1)C(CCC(=O)O)CN(CCC(N)=O)C(=O)NCCCc1ccc(Br)cc1)N(CC(CCC(=O)O)NC(N)=O)C(=O)NCCCc1ccccc1. The van der Waals surface area contributed by atoms with Crippen LogP contribution in [0, 0.1) is 0 Å². The maximum Gasteiger partial charge on any atom is 0.317 e. The molecule has 0 aromatic heterocycles. The molecule has 0 aliphatic carbocycles. The summed E-state index contributed by atoms with van der Waals surface area (Å²) in [5, 5.41) is 31.1. The average molecular weight is 1100 g/mol. The topological polar surface area (TPSA) is 296 Å². The minimum absolute atomic E-state index is 0.0832. The zero-order chi connectivity index (χ0) is 51.3. The molecule has 21 heteroatoms. The van der Waals surface area contributed by atoms with Gasteiger partial charge in [-0.2, -0.15) is 0 Å². The number of nitrogens with zero attached hydrogens (tertiary/aromatic N) is 3. The number of aryl methyl sites for hydroxylation is 2. The van der Waals surface area contributed by atoms with Crippen LogP contribution in [0.3, 0.4) is 0 Å². The molecular weight excluding hydrogens is 1030 g/mol. The van der Waals surface area contributed by atoms with Crippen molar-refractivity contribution in [1.29, 1.82) is 0 Å². The lowest BCUT2D eigenvalue weighted by Crippen LogP contribution is -2.60. The van der Waals surface area contributed by atoms with Crippen molar-refractivity contribution in [2.75, 3.05) is 52.4 Å². The fraction of sp³-hybridized carbons (Fsp3) is 0.490. The van der Waals surface area contributed by atoms with Crippen molar-refractivity contribution in [3.63, 3.8) is 0 Å². The van der Waals surface area contributed by atoms with Crippen LogP contribution in [0.25, 0.3) is 0 Å². The Morgan fingerprint density at radius 2 is 1.04 bits per heavy atom. The molecule has 3 aromatic rings. The van der Waals surface area contributed by atoms with E-state index < -0.39 is 66.5 Å². The number of amides is 9. The quantitative estimate of drug-likeness (QED) is 0.0342. The molecule has 19 nitrogen and oxygen atoms in total. The summed E-state index contributed by atoms with van der Waals surface area (Å²) in [6, 6.07) is 19.7. The highest BCUT2D eigenvalue weighted by Gasteiger charge is 2.35. The number of rotatable bonds is 33. The van der Waals surface area contributed by atoms with E-state index in [2.05, 4.69) is 53.1 Å². The molecule has 3 atom stereocenters. The first-order valence-electron chi connectivity index (χ1n) is 23.7. The van der Waals surface area contributed by atoms with Gasteiger partial charge in [-0.05, 0) is 105 Å². The number of hydrogen-bond acceptors (Lipinski definition) is 8. The summed E-state index contributed by atoms with van der Waals surface area (Å²) in [7, 11) is 0. The van der Waals surface area contributed by atoms with Gasteiger partial charge in [-0.25, -0.2) is 19.2 Å².